The van der Waals surface area contributed by atoms with Crippen LogP contribution in [-0.2, 0) is 9.59 Å². The first kappa shape index (κ1) is 14.6. The maximum atomic E-state index is 11.7. The molecule has 0 aromatic heterocycles. The Bertz CT molecular complexity index is 460. The first-order valence-electron chi connectivity index (χ1n) is 5.61. The number of carboxylic acids is 1. The summed E-state index contributed by atoms with van der Waals surface area (Å²) in [5.74, 6) is -0.944. The zero-order valence-electron chi connectivity index (χ0n) is 10.7. The highest BCUT2D eigenvalue weighted by Gasteiger charge is 2.13. The first-order valence-corrected chi connectivity index (χ1v) is 6.66. The number of aryl methyl sites for hydroxylation is 2. The van der Waals surface area contributed by atoms with E-state index in [9.17, 15) is 9.59 Å². The number of hydrogen-bond donors (Lipinski definition) is 2. The second-order valence-electron chi connectivity index (χ2n) is 4.16. The number of anilines is 1. The number of nitrogens with one attached hydrogen (secondary N) is 1. The Balaban J connectivity index is 2.52. The van der Waals surface area contributed by atoms with E-state index in [1.54, 1.807) is 6.92 Å². The van der Waals surface area contributed by atoms with E-state index in [1.165, 1.54) is 0 Å². The van der Waals surface area contributed by atoms with Gasteiger partial charge in [0.2, 0.25) is 5.91 Å². The lowest BCUT2D eigenvalue weighted by Crippen LogP contribution is -2.19. The largest absolute Gasteiger partial charge is 0.480 e. The van der Waals surface area contributed by atoms with E-state index in [1.807, 2.05) is 32.0 Å². The van der Waals surface area contributed by atoms with Gasteiger partial charge < -0.3 is 10.4 Å². The molecule has 4 nitrogen and oxygen atoms in total. The van der Waals surface area contributed by atoms with E-state index in [2.05, 4.69) is 5.32 Å². The van der Waals surface area contributed by atoms with Gasteiger partial charge in [-0.2, -0.15) is 0 Å². The number of carbonyl (C=O) groups is 2. The average molecular weight is 267 g/mol. The highest BCUT2D eigenvalue weighted by Crippen LogP contribution is 2.17. The maximum Gasteiger partial charge on any atom is 0.316 e. The molecule has 0 radical (unpaired) electrons. The summed E-state index contributed by atoms with van der Waals surface area (Å²) in [6, 6.07) is 5.77. The predicted octanol–water partition coefficient (Wildman–Crippen LogP) is 2.45. The van der Waals surface area contributed by atoms with Gasteiger partial charge in [-0.05, 0) is 32.4 Å². The lowest BCUT2D eigenvalue weighted by Gasteiger charge is -2.10. The molecule has 0 fully saturated rings. The lowest BCUT2D eigenvalue weighted by atomic mass is 10.1. The molecule has 1 aromatic carbocycles. The smallest absolute Gasteiger partial charge is 0.316 e. The van der Waals surface area contributed by atoms with Crippen LogP contribution >= 0.6 is 11.8 Å². The third-order valence-electron chi connectivity index (χ3n) is 2.47. The van der Waals surface area contributed by atoms with Crippen molar-refractivity contribution in [3.8, 4) is 0 Å². The van der Waals surface area contributed by atoms with E-state index in [0.29, 0.717) is 0 Å². The molecule has 1 aromatic rings. The van der Waals surface area contributed by atoms with Gasteiger partial charge in [0, 0.05) is 5.69 Å². The Morgan fingerprint density at radius 1 is 1.39 bits per heavy atom. The summed E-state index contributed by atoms with van der Waals surface area (Å²) in [7, 11) is 0. The van der Waals surface area contributed by atoms with E-state index in [-0.39, 0.29) is 11.7 Å². The molecule has 0 saturated heterocycles. The standard InChI is InChI=1S/C13H17NO3S/c1-8-4-5-11(9(2)6-8)14-12(15)7-18-10(3)13(16)17/h4-6,10H,7H2,1-3H3,(H,14,15)(H,16,17). The van der Waals surface area contributed by atoms with Crippen molar-refractivity contribution in [2.45, 2.75) is 26.0 Å². The minimum atomic E-state index is -0.903. The number of carbonyl (C=O) groups excluding carboxylic acids is 1. The van der Waals surface area contributed by atoms with Crippen LogP contribution < -0.4 is 5.32 Å². The van der Waals surface area contributed by atoms with Crippen molar-refractivity contribution in [3.63, 3.8) is 0 Å². The lowest BCUT2D eigenvalue weighted by molar-refractivity contribution is -0.136. The van der Waals surface area contributed by atoms with Gasteiger partial charge in [0.15, 0.2) is 0 Å². The third kappa shape index (κ3) is 4.41. The maximum absolute atomic E-state index is 11.7. The van der Waals surface area contributed by atoms with Crippen LogP contribution in [0.1, 0.15) is 18.1 Å². The molecule has 18 heavy (non-hydrogen) atoms. The summed E-state index contributed by atoms with van der Waals surface area (Å²) in [5.41, 5.74) is 2.91. The third-order valence-corrected chi connectivity index (χ3v) is 3.60. The fraction of sp³-hybridized carbons (Fsp3) is 0.385. The van der Waals surface area contributed by atoms with Gasteiger partial charge in [-0.1, -0.05) is 17.7 Å². The van der Waals surface area contributed by atoms with Gasteiger partial charge in [0.05, 0.1) is 11.0 Å². The van der Waals surface area contributed by atoms with Crippen molar-refractivity contribution in [2.75, 3.05) is 11.1 Å². The average Bonchev–Trinajstić information content (AvgIpc) is 2.29. The molecule has 0 saturated carbocycles. The van der Waals surface area contributed by atoms with E-state index < -0.39 is 11.2 Å². The van der Waals surface area contributed by atoms with E-state index >= 15 is 0 Å². The van der Waals surface area contributed by atoms with Crippen LogP contribution in [0.5, 0.6) is 0 Å². The van der Waals surface area contributed by atoms with E-state index in [4.69, 9.17) is 5.11 Å². The van der Waals surface area contributed by atoms with Crippen LogP contribution in [0.25, 0.3) is 0 Å². The molecule has 5 heteroatoms. The molecule has 0 heterocycles. The topological polar surface area (TPSA) is 66.4 Å². The Kier molecular flexibility index (Phi) is 5.22. The predicted molar refractivity (Wildman–Crippen MR) is 74.1 cm³/mol. The molecule has 0 aliphatic heterocycles. The van der Waals surface area contributed by atoms with Crippen LogP contribution in [0.2, 0.25) is 0 Å². The molecule has 0 bridgehead atoms. The van der Waals surface area contributed by atoms with Gasteiger partial charge in [-0.25, -0.2) is 0 Å². The first-order chi connectivity index (χ1) is 8.40. The van der Waals surface area contributed by atoms with Crippen LogP contribution in [0.3, 0.4) is 0 Å². The number of amides is 1. The van der Waals surface area contributed by atoms with Gasteiger partial charge in [0.1, 0.15) is 0 Å². The summed E-state index contributed by atoms with van der Waals surface area (Å²) in [4.78, 5) is 22.3. The number of carboxylic acid groups (broad SMARTS) is 1. The highest BCUT2D eigenvalue weighted by atomic mass is 32.2. The second-order valence-corrected chi connectivity index (χ2v) is 5.49. The molecule has 1 atom stereocenters. The van der Waals surface area contributed by atoms with Crippen molar-refractivity contribution < 1.29 is 14.7 Å². The quantitative estimate of drug-likeness (QED) is 0.860. The van der Waals surface area contributed by atoms with Crippen LogP contribution in [0.15, 0.2) is 18.2 Å². The Morgan fingerprint density at radius 3 is 2.61 bits per heavy atom. The summed E-state index contributed by atoms with van der Waals surface area (Å²) < 4.78 is 0. The zero-order valence-corrected chi connectivity index (χ0v) is 11.5. The second kappa shape index (κ2) is 6.44. The fourth-order valence-corrected chi connectivity index (χ4v) is 2.03. The molecule has 0 aliphatic carbocycles. The Labute approximate surface area is 111 Å². The van der Waals surface area contributed by atoms with Gasteiger partial charge in [-0.3, -0.25) is 9.59 Å². The van der Waals surface area contributed by atoms with Crippen molar-refractivity contribution in [2.24, 2.45) is 0 Å². The minimum Gasteiger partial charge on any atom is -0.480 e. The summed E-state index contributed by atoms with van der Waals surface area (Å²) in [5, 5.41) is 10.9. The molecule has 98 valence electrons. The summed E-state index contributed by atoms with van der Waals surface area (Å²) in [6.07, 6.45) is 0. The number of benzene rings is 1. The number of rotatable bonds is 5. The van der Waals surface area contributed by atoms with Gasteiger partial charge >= 0.3 is 5.97 Å². The normalized spacial score (nSPS) is 11.9. The molecule has 1 rings (SSSR count). The molecule has 1 unspecified atom stereocenters. The zero-order chi connectivity index (χ0) is 13.7. The number of aliphatic carboxylic acids is 1. The van der Waals surface area contributed by atoms with Crippen LogP contribution in [-0.4, -0.2) is 28.0 Å². The van der Waals surface area contributed by atoms with Gasteiger partial charge in [-0.15, -0.1) is 11.8 Å². The van der Waals surface area contributed by atoms with Crippen molar-refractivity contribution in [1.29, 1.82) is 0 Å². The SMILES string of the molecule is Cc1ccc(NC(=O)CSC(C)C(=O)O)c(C)c1. The fourth-order valence-electron chi connectivity index (χ4n) is 1.41. The highest BCUT2D eigenvalue weighted by molar-refractivity contribution is 8.01. The number of thioether (sulfide) groups is 1. The molecule has 2 N–H and O–H groups in total. The van der Waals surface area contributed by atoms with E-state index in [0.717, 1.165) is 28.6 Å². The number of hydrogen-bond acceptors (Lipinski definition) is 3. The summed E-state index contributed by atoms with van der Waals surface area (Å²) >= 11 is 1.11. The van der Waals surface area contributed by atoms with Crippen LogP contribution in [0.4, 0.5) is 5.69 Å². The Morgan fingerprint density at radius 2 is 2.06 bits per heavy atom. The van der Waals surface area contributed by atoms with Gasteiger partial charge in [0.25, 0.3) is 0 Å². The molecular formula is C13H17NO3S. The van der Waals surface area contributed by atoms with Crippen molar-refractivity contribution >= 4 is 29.3 Å². The minimum absolute atomic E-state index is 0.140. The van der Waals surface area contributed by atoms with Crippen molar-refractivity contribution in [1.82, 2.24) is 0 Å². The molecule has 1 amide bonds. The molecule has 0 spiro atoms. The summed E-state index contributed by atoms with van der Waals surface area (Å²) in [6.45, 7) is 5.48. The monoisotopic (exact) mass is 267 g/mol. The molecular weight excluding hydrogens is 250 g/mol. The Hall–Kier alpha value is -1.49. The van der Waals surface area contributed by atoms with Crippen molar-refractivity contribution in [3.05, 3.63) is 29.3 Å². The van der Waals surface area contributed by atoms with Crippen LogP contribution in [0, 0.1) is 13.8 Å². The molecule has 0 aliphatic rings.